The highest BCUT2D eigenvalue weighted by Gasteiger charge is 2.18. The molecule has 2 aromatic carbocycles. The van der Waals surface area contributed by atoms with E-state index in [1.165, 1.54) is 17.6 Å². The van der Waals surface area contributed by atoms with E-state index in [2.05, 4.69) is 15.3 Å². The Morgan fingerprint density at radius 1 is 1.03 bits per heavy atom. The lowest BCUT2D eigenvalue weighted by Crippen LogP contribution is -2.21. The van der Waals surface area contributed by atoms with Crippen LogP contribution in [-0.4, -0.2) is 28.5 Å². The van der Waals surface area contributed by atoms with Crippen LogP contribution in [0, 0.1) is 6.92 Å². The average molecular weight is 443 g/mol. The number of aromatic nitrogens is 2. The van der Waals surface area contributed by atoms with Gasteiger partial charge in [-0.25, -0.2) is 14.8 Å². The number of fused-ring (bicyclic) bond motifs is 2. The largest absolute Gasteiger partial charge is 0.463 e. The molecule has 1 amide bonds. The van der Waals surface area contributed by atoms with Crippen molar-refractivity contribution in [1.82, 2.24) is 9.97 Å². The van der Waals surface area contributed by atoms with Crippen LogP contribution in [0.4, 0.5) is 5.13 Å². The van der Waals surface area contributed by atoms with Crippen LogP contribution in [0.2, 0.25) is 0 Å². The zero-order chi connectivity index (χ0) is 22.1. The van der Waals surface area contributed by atoms with Gasteiger partial charge in [-0.15, -0.1) is 0 Å². The molecular formula is C24H17N3O4S. The van der Waals surface area contributed by atoms with Crippen molar-refractivity contribution in [2.75, 3.05) is 11.9 Å². The zero-order valence-corrected chi connectivity index (χ0v) is 17.8. The molecule has 0 aliphatic rings. The molecule has 7 nitrogen and oxygen atoms in total. The molecule has 0 unspecified atom stereocenters. The van der Waals surface area contributed by atoms with E-state index >= 15 is 0 Å². The zero-order valence-electron chi connectivity index (χ0n) is 17.0. The number of ether oxygens (including phenoxy) is 1. The van der Waals surface area contributed by atoms with Crippen LogP contribution in [-0.2, 0) is 9.53 Å². The number of carbonyl (C=O) groups is 2. The van der Waals surface area contributed by atoms with E-state index in [1.54, 1.807) is 30.3 Å². The Kier molecular flexibility index (Phi) is 5.12. The first-order valence-corrected chi connectivity index (χ1v) is 10.7. The lowest BCUT2D eigenvalue weighted by Gasteiger charge is -2.09. The summed E-state index contributed by atoms with van der Waals surface area (Å²) in [7, 11) is 0. The van der Waals surface area contributed by atoms with Gasteiger partial charge in [0, 0.05) is 5.39 Å². The van der Waals surface area contributed by atoms with Gasteiger partial charge in [-0.1, -0.05) is 35.6 Å². The number of amides is 1. The number of nitrogens with one attached hydrogen (secondary N) is 1. The van der Waals surface area contributed by atoms with Crippen LogP contribution in [0.1, 0.15) is 15.9 Å². The number of nitrogens with zero attached hydrogens (tertiary/aromatic N) is 2. The minimum absolute atomic E-state index is 0.310. The number of furan rings is 1. The molecule has 0 atom stereocenters. The Labute approximate surface area is 186 Å². The number of carbonyl (C=O) groups excluding carboxylic acids is 2. The first kappa shape index (κ1) is 19.9. The molecule has 3 heterocycles. The van der Waals surface area contributed by atoms with Gasteiger partial charge in [0.2, 0.25) is 0 Å². The second-order valence-corrected chi connectivity index (χ2v) is 8.19. The van der Waals surface area contributed by atoms with Gasteiger partial charge in [0.1, 0.15) is 5.69 Å². The Morgan fingerprint density at radius 3 is 2.75 bits per heavy atom. The molecule has 0 fully saturated rings. The van der Waals surface area contributed by atoms with Crippen LogP contribution < -0.4 is 5.32 Å². The number of para-hydroxylation sites is 1. The van der Waals surface area contributed by atoms with Gasteiger partial charge in [0.25, 0.3) is 5.91 Å². The van der Waals surface area contributed by atoms with Crippen LogP contribution in [0.25, 0.3) is 32.6 Å². The third-order valence-electron chi connectivity index (χ3n) is 4.83. The monoisotopic (exact) mass is 443 g/mol. The number of hydrogen-bond donors (Lipinski definition) is 1. The fourth-order valence-electron chi connectivity index (χ4n) is 3.34. The molecule has 0 spiro atoms. The maximum absolute atomic E-state index is 12.8. The van der Waals surface area contributed by atoms with Crippen LogP contribution in [0.15, 0.2) is 71.3 Å². The number of pyridine rings is 1. The predicted octanol–water partition coefficient (Wildman–Crippen LogP) is 5.21. The van der Waals surface area contributed by atoms with E-state index in [1.807, 2.05) is 37.3 Å². The van der Waals surface area contributed by atoms with Gasteiger partial charge in [0.15, 0.2) is 17.5 Å². The van der Waals surface area contributed by atoms with Crippen molar-refractivity contribution < 1.29 is 18.7 Å². The molecule has 0 bridgehead atoms. The number of hydrogen-bond acceptors (Lipinski definition) is 7. The summed E-state index contributed by atoms with van der Waals surface area (Å²) >= 11 is 1.37. The Balaban J connectivity index is 1.33. The summed E-state index contributed by atoms with van der Waals surface area (Å²) in [5.74, 6) is -0.543. The third-order valence-corrected chi connectivity index (χ3v) is 5.77. The van der Waals surface area contributed by atoms with Crippen molar-refractivity contribution in [1.29, 1.82) is 0 Å². The molecule has 0 saturated carbocycles. The minimum atomic E-state index is -0.619. The third kappa shape index (κ3) is 3.95. The van der Waals surface area contributed by atoms with Gasteiger partial charge in [-0.2, -0.15) is 0 Å². The topological polar surface area (TPSA) is 94.3 Å². The Hall–Kier alpha value is -4.04. The van der Waals surface area contributed by atoms with Crippen LogP contribution >= 0.6 is 11.3 Å². The molecule has 0 aliphatic carbocycles. The first-order valence-electron chi connectivity index (χ1n) is 9.85. The molecule has 5 rings (SSSR count). The summed E-state index contributed by atoms with van der Waals surface area (Å²) in [5, 5.41) is 3.79. The molecule has 158 valence electrons. The first-order chi connectivity index (χ1) is 15.6. The molecule has 1 N–H and O–H groups in total. The lowest BCUT2D eigenvalue weighted by molar-refractivity contribution is -0.119. The van der Waals surface area contributed by atoms with Crippen molar-refractivity contribution in [3.05, 3.63) is 78.1 Å². The van der Waals surface area contributed by atoms with Gasteiger partial charge in [0.05, 0.1) is 27.6 Å². The van der Waals surface area contributed by atoms with Crippen LogP contribution in [0.3, 0.4) is 0 Å². The maximum atomic E-state index is 12.8. The molecule has 0 radical (unpaired) electrons. The summed E-state index contributed by atoms with van der Waals surface area (Å²) < 4.78 is 11.7. The van der Waals surface area contributed by atoms with Gasteiger partial charge in [-0.05, 0) is 48.9 Å². The SMILES string of the molecule is Cc1ccc2nc(NC(=O)COC(=O)c3cc(-c4ccco4)nc4ccccc34)sc2c1. The molecule has 3 aromatic heterocycles. The maximum Gasteiger partial charge on any atom is 0.339 e. The van der Waals surface area contributed by atoms with Gasteiger partial charge in [-0.3, -0.25) is 10.1 Å². The highest BCUT2D eigenvalue weighted by Crippen LogP contribution is 2.27. The van der Waals surface area contributed by atoms with E-state index in [4.69, 9.17) is 9.15 Å². The summed E-state index contributed by atoms with van der Waals surface area (Å²) in [4.78, 5) is 34.1. The van der Waals surface area contributed by atoms with E-state index in [0.717, 1.165) is 15.8 Å². The number of esters is 1. The molecule has 0 saturated heterocycles. The molecule has 8 heteroatoms. The fraction of sp³-hybridized carbons (Fsp3) is 0.0833. The fourth-order valence-corrected chi connectivity index (χ4v) is 4.32. The number of anilines is 1. The number of rotatable bonds is 5. The van der Waals surface area contributed by atoms with E-state index in [9.17, 15) is 9.59 Å². The predicted molar refractivity (Wildman–Crippen MR) is 123 cm³/mol. The summed E-state index contributed by atoms with van der Waals surface area (Å²) in [5.41, 5.74) is 3.37. The Bertz CT molecular complexity index is 1460. The van der Waals surface area contributed by atoms with E-state index in [0.29, 0.717) is 33.1 Å². The number of thiazole rings is 1. The molecule has 5 aromatic rings. The molecular weight excluding hydrogens is 426 g/mol. The van der Waals surface area contributed by atoms with Crippen molar-refractivity contribution in [2.24, 2.45) is 0 Å². The van der Waals surface area contributed by atoms with Crippen molar-refractivity contribution in [3.8, 4) is 11.5 Å². The normalized spacial score (nSPS) is 11.0. The number of benzene rings is 2. The summed E-state index contributed by atoms with van der Waals surface area (Å²) in [6, 6.07) is 18.2. The average Bonchev–Trinajstić information content (AvgIpc) is 3.46. The minimum Gasteiger partial charge on any atom is -0.463 e. The second-order valence-electron chi connectivity index (χ2n) is 7.16. The lowest BCUT2D eigenvalue weighted by atomic mass is 10.1. The second kappa shape index (κ2) is 8.24. The van der Waals surface area contributed by atoms with Crippen LogP contribution in [0.5, 0.6) is 0 Å². The van der Waals surface area contributed by atoms with E-state index < -0.39 is 18.5 Å². The highest BCUT2D eigenvalue weighted by molar-refractivity contribution is 7.22. The standard InChI is InChI=1S/C24H17N3O4S/c1-14-8-9-18-21(11-14)32-24(26-18)27-22(28)13-31-23(29)16-12-19(20-7-4-10-30-20)25-17-6-3-2-5-15(16)17/h2-12H,13H2,1H3,(H,26,27,28). The van der Waals surface area contributed by atoms with E-state index in [-0.39, 0.29) is 0 Å². The number of aryl methyl sites for hydroxylation is 1. The van der Waals surface area contributed by atoms with Crippen molar-refractivity contribution in [2.45, 2.75) is 6.92 Å². The molecule has 32 heavy (non-hydrogen) atoms. The van der Waals surface area contributed by atoms with Crippen molar-refractivity contribution >= 4 is 49.5 Å². The van der Waals surface area contributed by atoms with Crippen molar-refractivity contribution in [3.63, 3.8) is 0 Å². The quantitative estimate of drug-likeness (QED) is 0.375. The Morgan fingerprint density at radius 2 is 1.91 bits per heavy atom. The smallest absolute Gasteiger partial charge is 0.339 e. The highest BCUT2D eigenvalue weighted by atomic mass is 32.1. The summed E-state index contributed by atoms with van der Waals surface area (Å²) in [6.45, 7) is 1.57. The molecule has 0 aliphatic heterocycles. The van der Waals surface area contributed by atoms with Gasteiger partial charge >= 0.3 is 5.97 Å². The van der Waals surface area contributed by atoms with Gasteiger partial charge < -0.3 is 9.15 Å². The summed E-state index contributed by atoms with van der Waals surface area (Å²) in [6.07, 6.45) is 1.54.